The Kier molecular flexibility index (Phi) is 6.16. The van der Waals surface area contributed by atoms with E-state index in [2.05, 4.69) is 15.5 Å². The maximum atomic E-state index is 13.9. The molecule has 20 heavy (non-hydrogen) atoms. The van der Waals surface area contributed by atoms with E-state index in [9.17, 15) is 4.39 Å². The van der Waals surface area contributed by atoms with Crippen LogP contribution in [0.3, 0.4) is 0 Å². The molecule has 2 rings (SSSR count). The van der Waals surface area contributed by atoms with Crippen molar-refractivity contribution in [1.29, 1.82) is 0 Å². The SMILES string of the molecule is CCn1nccc1CNCc1c(C)nn(CC)c1F.Cl. The zero-order chi connectivity index (χ0) is 13.8. The predicted octanol–water partition coefficient (Wildman–Crippen LogP) is 2.28. The van der Waals surface area contributed by atoms with Crippen molar-refractivity contribution in [2.45, 2.75) is 47.0 Å². The fourth-order valence-electron chi connectivity index (χ4n) is 2.11. The van der Waals surface area contributed by atoms with E-state index in [0.717, 1.165) is 17.9 Å². The number of halogens is 2. The molecule has 0 aliphatic rings. The van der Waals surface area contributed by atoms with Gasteiger partial charge in [-0.25, -0.2) is 4.68 Å². The summed E-state index contributed by atoms with van der Waals surface area (Å²) in [6.07, 6.45) is 1.78. The predicted molar refractivity (Wildman–Crippen MR) is 78.3 cm³/mol. The topological polar surface area (TPSA) is 47.7 Å². The van der Waals surface area contributed by atoms with Gasteiger partial charge < -0.3 is 5.32 Å². The van der Waals surface area contributed by atoms with Crippen molar-refractivity contribution in [1.82, 2.24) is 24.9 Å². The van der Waals surface area contributed by atoms with Crippen LogP contribution >= 0.6 is 12.4 Å². The molecule has 0 fully saturated rings. The first-order valence-electron chi connectivity index (χ1n) is 6.60. The molecule has 0 saturated heterocycles. The summed E-state index contributed by atoms with van der Waals surface area (Å²) < 4.78 is 17.3. The Morgan fingerprint density at radius 3 is 2.50 bits per heavy atom. The molecule has 112 valence electrons. The van der Waals surface area contributed by atoms with Gasteiger partial charge in [0, 0.05) is 37.9 Å². The van der Waals surface area contributed by atoms with Crippen molar-refractivity contribution < 1.29 is 4.39 Å². The number of aryl methyl sites for hydroxylation is 3. The summed E-state index contributed by atoms with van der Waals surface area (Å²) >= 11 is 0. The van der Waals surface area contributed by atoms with E-state index in [4.69, 9.17) is 0 Å². The summed E-state index contributed by atoms with van der Waals surface area (Å²) in [4.78, 5) is 0. The van der Waals surface area contributed by atoms with Gasteiger partial charge in [-0.05, 0) is 26.8 Å². The minimum Gasteiger partial charge on any atom is -0.307 e. The molecule has 0 amide bonds. The summed E-state index contributed by atoms with van der Waals surface area (Å²) in [5, 5.41) is 11.6. The minimum atomic E-state index is -0.239. The second-order valence-corrected chi connectivity index (χ2v) is 4.41. The van der Waals surface area contributed by atoms with E-state index in [0.29, 0.717) is 25.2 Å². The molecule has 0 bridgehead atoms. The Morgan fingerprint density at radius 1 is 1.20 bits per heavy atom. The van der Waals surface area contributed by atoms with E-state index in [-0.39, 0.29) is 18.4 Å². The van der Waals surface area contributed by atoms with Crippen LogP contribution in [0, 0.1) is 12.9 Å². The lowest BCUT2D eigenvalue weighted by Gasteiger charge is -2.06. The number of aromatic nitrogens is 4. The molecule has 1 N–H and O–H groups in total. The van der Waals surface area contributed by atoms with Crippen LogP contribution in [0.2, 0.25) is 0 Å². The third-order valence-electron chi connectivity index (χ3n) is 3.19. The number of nitrogens with one attached hydrogen (secondary N) is 1. The minimum absolute atomic E-state index is 0. The van der Waals surface area contributed by atoms with Gasteiger partial charge in [0.05, 0.1) is 11.4 Å². The van der Waals surface area contributed by atoms with Crippen molar-refractivity contribution >= 4 is 12.4 Å². The average Bonchev–Trinajstić information content (AvgIpc) is 2.96. The molecule has 5 nitrogen and oxygen atoms in total. The van der Waals surface area contributed by atoms with Crippen molar-refractivity contribution in [2.75, 3.05) is 0 Å². The van der Waals surface area contributed by atoms with E-state index in [1.807, 2.05) is 31.5 Å². The van der Waals surface area contributed by atoms with E-state index < -0.39 is 0 Å². The average molecular weight is 302 g/mol. The zero-order valence-corrected chi connectivity index (χ0v) is 12.9. The molecule has 0 unspecified atom stereocenters. The van der Waals surface area contributed by atoms with Crippen molar-refractivity contribution in [2.24, 2.45) is 0 Å². The van der Waals surface area contributed by atoms with Crippen molar-refractivity contribution in [3.8, 4) is 0 Å². The van der Waals surface area contributed by atoms with Gasteiger partial charge in [-0.2, -0.15) is 14.6 Å². The molecule has 7 heteroatoms. The molecule has 0 aliphatic carbocycles. The van der Waals surface area contributed by atoms with Crippen molar-refractivity contribution in [3.05, 3.63) is 35.2 Å². The van der Waals surface area contributed by atoms with Gasteiger partial charge in [-0.1, -0.05) is 0 Å². The molecule has 0 radical (unpaired) electrons. The Labute approximate surface area is 124 Å². The largest absolute Gasteiger partial charge is 0.307 e. The highest BCUT2D eigenvalue weighted by atomic mass is 35.5. The summed E-state index contributed by atoms with van der Waals surface area (Å²) in [5.41, 5.74) is 2.49. The summed E-state index contributed by atoms with van der Waals surface area (Å²) in [5.74, 6) is -0.239. The highest BCUT2D eigenvalue weighted by Gasteiger charge is 2.13. The normalized spacial score (nSPS) is 10.6. The number of rotatable bonds is 6. The number of hydrogen-bond donors (Lipinski definition) is 1. The number of nitrogens with zero attached hydrogens (tertiary/aromatic N) is 4. The molecule has 2 aromatic rings. The third kappa shape index (κ3) is 3.37. The van der Waals surface area contributed by atoms with Gasteiger partial charge in [0.25, 0.3) is 0 Å². The van der Waals surface area contributed by atoms with Gasteiger partial charge in [-0.3, -0.25) is 4.68 Å². The molecule has 0 aliphatic heterocycles. The van der Waals surface area contributed by atoms with Gasteiger partial charge in [0.15, 0.2) is 0 Å². The Morgan fingerprint density at radius 2 is 1.90 bits per heavy atom. The standard InChI is InChI=1S/C13H20FN5.ClH/c1-4-18-11(6-7-16-18)8-15-9-12-10(3)17-19(5-2)13(12)14;/h6-7,15H,4-5,8-9H2,1-3H3;1H. The van der Waals surface area contributed by atoms with Crippen LogP contribution in [0.1, 0.15) is 30.8 Å². The monoisotopic (exact) mass is 301 g/mol. The maximum absolute atomic E-state index is 13.9. The second-order valence-electron chi connectivity index (χ2n) is 4.41. The Balaban J connectivity index is 0.00000200. The Hall–Kier alpha value is -1.40. The molecule has 0 aromatic carbocycles. The first kappa shape index (κ1) is 16.7. The van der Waals surface area contributed by atoms with Gasteiger partial charge in [0.1, 0.15) is 0 Å². The van der Waals surface area contributed by atoms with Crippen LogP contribution in [0.15, 0.2) is 12.3 Å². The van der Waals surface area contributed by atoms with Gasteiger partial charge in [0.2, 0.25) is 5.95 Å². The summed E-state index contributed by atoms with van der Waals surface area (Å²) in [6.45, 7) is 8.30. The molecule has 0 atom stereocenters. The third-order valence-corrected chi connectivity index (χ3v) is 3.19. The first-order valence-corrected chi connectivity index (χ1v) is 6.60. The van der Waals surface area contributed by atoms with E-state index in [1.54, 1.807) is 6.20 Å². The van der Waals surface area contributed by atoms with Crippen LogP contribution in [0.4, 0.5) is 4.39 Å². The first-order chi connectivity index (χ1) is 9.17. The van der Waals surface area contributed by atoms with Gasteiger partial charge >= 0.3 is 0 Å². The lowest BCUT2D eigenvalue weighted by Crippen LogP contribution is -2.17. The molecule has 2 aromatic heterocycles. The van der Waals surface area contributed by atoms with Crippen LogP contribution in [-0.4, -0.2) is 19.6 Å². The van der Waals surface area contributed by atoms with Gasteiger partial charge in [-0.15, -0.1) is 12.4 Å². The van der Waals surface area contributed by atoms with Crippen LogP contribution in [-0.2, 0) is 26.2 Å². The van der Waals surface area contributed by atoms with E-state index >= 15 is 0 Å². The second kappa shape index (κ2) is 7.40. The van der Waals surface area contributed by atoms with Crippen LogP contribution in [0.5, 0.6) is 0 Å². The Bertz CT molecular complexity index is 549. The fraction of sp³-hybridized carbons (Fsp3) is 0.538. The maximum Gasteiger partial charge on any atom is 0.216 e. The highest BCUT2D eigenvalue weighted by molar-refractivity contribution is 5.85. The summed E-state index contributed by atoms with van der Waals surface area (Å²) in [7, 11) is 0. The fourth-order valence-corrected chi connectivity index (χ4v) is 2.11. The molecule has 0 saturated carbocycles. The molecule has 0 spiro atoms. The van der Waals surface area contributed by atoms with Crippen LogP contribution < -0.4 is 5.32 Å². The number of hydrogen-bond acceptors (Lipinski definition) is 3. The molecular formula is C13H21ClFN5. The smallest absolute Gasteiger partial charge is 0.216 e. The lowest BCUT2D eigenvalue weighted by molar-refractivity contribution is 0.459. The highest BCUT2D eigenvalue weighted by Crippen LogP contribution is 2.12. The van der Waals surface area contributed by atoms with Crippen molar-refractivity contribution in [3.63, 3.8) is 0 Å². The lowest BCUT2D eigenvalue weighted by atomic mass is 10.2. The molecular weight excluding hydrogens is 281 g/mol. The van der Waals surface area contributed by atoms with Crippen LogP contribution in [0.25, 0.3) is 0 Å². The molecule has 2 heterocycles. The summed E-state index contributed by atoms with van der Waals surface area (Å²) in [6, 6.07) is 1.97. The zero-order valence-electron chi connectivity index (χ0n) is 12.1. The quantitative estimate of drug-likeness (QED) is 0.890. The van der Waals surface area contributed by atoms with E-state index in [1.165, 1.54) is 4.68 Å².